The van der Waals surface area contributed by atoms with E-state index in [0.717, 1.165) is 25.9 Å². The van der Waals surface area contributed by atoms with Gasteiger partial charge in [-0.25, -0.2) is 4.58 Å². The molecule has 0 fully saturated rings. The second-order valence-corrected chi connectivity index (χ2v) is 4.25. The smallest absolute Gasteiger partial charge is 0.210 e. The van der Waals surface area contributed by atoms with Crippen LogP contribution in [0.25, 0.3) is 0 Å². The minimum absolute atomic E-state index is 0.116. The first-order valence-corrected chi connectivity index (χ1v) is 5.88. The molecule has 0 bridgehead atoms. The van der Waals surface area contributed by atoms with E-state index in [1.165, 1.54) is 17.3 Å². The Morgan fingerprint density at radius 1 is 1.35 bits per heavy atom. The highest BCUT2D eigenvalue weighted by molar-refractivity contribution is 5.59. The molecule has 0 spiro atoms. The minimum Gasteiger partial charge on any atom is -0.418 e. The fourth-order valence-corrected chi connectivity index (χ4v) is 2.09. The van der Waals surface area contributed by atoms with Crippen LogP contribution in [0.2, 0.25) is 0 Å². The van der Waals surface area contributed by atoms with Crippen LogP contribution in [0.4, 0.5) is 0 Å². The molecule has 1 heterocycles. The normalized spacial score (nSPS) is 15.3. The Kier molecular flexibility index (Phi) is 3.75. The second kappa shape index (κ2) is 5.48. The van der Waals surface area contributed by atoms with Gasteiger partial charge in [0.25, 0.3) is 0 Å². The number of rotatable bonds is 4. The van der Waals surface area contributed by atoms with Crippen molar-refractivity contribution in [1.82, 2.24) is 0 Å². The zero-order chi connectivity index (χ0) is 12.1. The van der Waals surface area contributed by atoms with Gasteiger partial charge in [-0.3, -0.25) is 5.21 Å². The lowest BCUT2D eigenvalue weighted by atomic mass is 10.0. The number of hydrogen-bond acceptors (Lipinski definition) is 2. The molecule has 0 radical (unpaired) electrons. The number of hydrogen-bond donors (Lipinski definition) is 1. The molecule has 0 saturated carbocycles. The Bertz CT molecular complexity index is 448. The molecule has 0 unspecified atom stereocenters. The zero-order valence-corrected chi connectivity index (χ0v) is 9.75. The first-order chi connectivity index (χ1) is 8.25. The topological polar surface area (TPSA) is 49.3 Å². The summed E-state index contributed by atoms with van der Waals surface area (Å²) in [4.78, 5) is -0.116. The molecule has 17 heavy (non-hydrogen) atoms. The van der Waals surface area contributed by atoms with E-state index in [1.807, 2.05) is 0 Å². The van der Waals surface area contributed by atoms with Crippen molar-refractivity contribution in [1.29, 1.82) is 0 Å². The van der Waals surface area contributed by atoms with Gasteiger partial charge in [0.2, 0.25) is 6.21 Å². The summed E-state index contributed by atoms with van der Waals surface area (Å²) in [5, 5.41) is 18.7. The fourth-order valence-electron chi connectivity index (χ4n) is 2.09. The fraction of sp³-hybridized carbons (Fsp3) is 0.385. The maximum atomic E-state index is 10.3. The molecule has 1 aliphatic heterocycles. The molecular formula is C13H17N2O2+. The lowest BCUT2D eigenvalue weighted by molar-refractivity contribution is -0.723. The second-order valence-electron chi connectivity index (χ2n) is 4.25. The minimum atomic E-state index is -0.116. The molecule has 0 aromatic heterocycles. The van der Waals surface area contributed by atoms with Gasteiger partial charge in [-0.2, -0.15) is 0 Å². The van der Waals surface area contributed by atoms with E-state index < -0.39 is 0 Å². The molecule has 1 aromatic carbocycles. The van der Waals surface area contributed by atoms with E-state index in [9.17, 15) is 5.21 Å². The summed E-state index contributed by atoms with van der Waals surface area (Å²) in [6, 6.07) is 8.46. The van der Waals surface area contributed by atoms with Crippen molar-refractivity contribution in [2.24, 2.45) is 0 Å². The average Bonchev–Trinajstić information content (AvgIpc) is 2.34. The third-order valence-corrected chi connectivity index (χ3v) is 3.00. The van der Waals surface area contributed by atoms with Crippen LogP contribution in [-0.4, -0.2) is 33.7 Å². The molecule has 90 valence electrons. The van der Waals surface area contributed by atoms with Gasteiger partial charge in [0.15, 0.2) is 6.54 Å². The van der Waals surface area contributed by atoms with Crippen molar-refractivity contribution in [3.8, 4) is 0 Å². The molecule has 0 aliphatic carbocycles. The van der Waals surface area contributed by atoms with Crippen molar-refractivity contribution in [2.75, 3.05) is 6.54 Å². The van der Waals surface area contributed by atoms with Crippen LogP contribution in [0.15, 0.2) is 24.3 Å². The maximum Gasteiger partial charge on any atom is 0.210 e. The molecule has 1 aromatic rings. The standard InChI is InChI=1S/C13H17N2O2/c16-15(17)9-4-3-8-14-10-7-12-5-1-2-6-13(12)11-14/h1-2,5-6,9-10H,3-4,7-8,11H2,(H,16,17)/q+1. The predicted octanol–water partition coefficient (Wildman–Crippen LogP) is 1.58. The largest absolute Gasteiger partial charge is 0.418 e. The SMILES string of the molecule is [O-]/[N+](O)=C/CCC[N+]1=CCc2ccccc2C1. The van der Waals surface area contributed by atoms with Gasteiger partial charge < -0.3 is 5.21 Å². The molecule has 0 saturated heterocycles. The summed E-state index contributed by atoms with van der Waals surface area (Å²) in [7, 11) is 0. The van der Waals surface area contributed by atoms with E-state index in [1.54, 1.807) is 0 Å². The van der Waals surface area contributed by atoms with Crippen LogP contribution < -0.4 is 0 Å². The van der Waals surface area contributed by atoms with Crippen LogP contribution in [-0.2, 0) is 13.0 Å². The monoisotopic (exact) mass is 233 g/mol. The molecule has 1 aliphatic rings. The summed E-state index contributed by atoms with van der Waals surface area (Å²) in [6.07, 6.45) is 5.91. The van der Waals surface area contributed by atoms with Gasteiger partial charge in [-0.1, -0.05) is 24.3 Å². The van der Waals surface area contributed by atoms with Gasteiger partial charge >= 0.3 is 0 Å². The van der Waals surface area contributed by atoms with Crippen molar-refractivity contribution in [3.05, 3.63) is 40.6 Å². The van der Waals surface area contributed by atoms with Crippen molar-refractivity contribution >= 4 is 12.4 Å². The third-order valence-electron chi connectivity index (χ3n) is 3.00. The quantitative estimate of drug-likeness (QED) is 0.214. The number of unbranched alkanes of at least 4 members (excludes halogenated alkanes) is 1. The first-order valence-electron chi connectivity index (χ1n) is 5.88. The molecular weight excluding hydrogens is 216 g/mol. The number of benzene rings is 1. The van der Waals surface area contributed by atoms with Gasteiger partial charge in [-0.05, 0) is 5.56 Å². The molecule has 2 rings (SSSR count). The third kappa shape index (κ3) is 3.31. The van der Waals surface area contributed by atoms with Crippen molar-refractivity contribution in [3.63, 3.8) is 0 Å². The molecule has 0 atom stereocenters. The van der Waals surface area contributed by atoms with Crippen LogP contribution in [0.3, 0.4) is 0 Å². The average molecular weight is 233 g/mol. The van der Waals surface area contributed by atoms with Crippen LogP contribution in [0, 0.1) is 5.21 Å². The van der Waals surface area contributed by atoms with E-state index in [0.29, 0.717) is 6.42 Å². The van der Waals surface area contributed by atoms with Gasteiger partial charge in [0.1, 0.15) is 12.8 Å². The zero-order valence-electron chi connectivity index (χ0n) is 9.75. The van der Waals surface area contributed by atoms with Crippen molar-refractivity contribution < 1.29 is 14.7 Å². The van der Waals surface area contributed by atoms with E-state index in [2.05, 4.69) is 35.1 Å². The highest BCUT2D eigenvalue weighted by Gasteiger charge is 2.14. The summed E-state index contributed by atoms with van der Waals surface area (Å²) < 4.78 is 2.27. The highest BCUT2D eigenvalue weighted by atomic mass is 16.8. The van der Waals surface area contributed by atoms with E-state index in [4.69, 9.17) is 5.21 Å². The molecule has 4 nitrogen and oxygen atoms in total. The van der Waals surface area contributed by atoms with Gasteiger partial charge in [-0.15, -0.1) is 0 Å². The predicted molar refractivity (Wildman–Crippen MR) is 65.8 cm³/mol. The Balaban J connectivity index is 1.85. The Morgan fingerprint density at radius 2 is 2.12 bits per heavy atom. The number of fused-ring (bicyclic) bond motifs is 1. The van der Waals surface area contributed by atoms with Crippen molar-refractivity contribution in [2.45, 2.75) is 25.8 Å². The summed E-state index contributed by atoms with van der Waals surface area (Å²) in [6.45, 7) is 1.86. The van der Waals surface area contributed by atoms with Crippen LogP contribution >= 0.6 is 0 Å². The van der Waals surface area contributed by atoms with Crippen LogP contribution in [0.1, 0.15) is 24.0 Å². The Hall–Kier alpha value is -1.84. The Morgan fingerprint density at radius 3 is 2.88 bits per heavy atom. The van der Waals surface area contributed by atoms with E-state index >= 15 is 0 Å². The van der Waals surface area contributed by atoms with Crippen LogP contribution in [0.5, 0.6) is 0 Å². The summed E-state index contributed by atoms with van der Waals surface area (Å²) in [5.74, 6) is 0. The summed E-state index contributed by atoms with van der Waals surface area (Å²) in [5.41, 5.74) is 2.78. The van der Waals surface area contributed by atoms with Gasteiger partial charge in [0, 0.05) is 23.3 Å². The number of nitrogens with zero attached hydrogens (tertiary/aromatic N) is 2. The lowest BCUT2D eigenvalue weighted by Crippen LogP contribution is -2.21. The summed E-state index contributed by atoms with van der Waals surface area (Å²) >= 11 is 0. The molecule has 0 amide bonds. The maximum absolute atomic E-state index is 10.3. The first kappa shape index (κ1) is 11.6. The highest BCUT2D eigenvalue weighted by Crippen LogP contribution is 2.13. The van der Waals surface area contributed by atoms with Gasteiger partial charge in [0.05, 0.1) is 6.42 Å². The Labute approximate surface area is 101 Å². The molecule has 1 N–H and O–H groups in total. The lowest BCUT2D eigenvalue weighted by Gasteiger charge is -2.12. The van der Waals surface area contributed by atoms with E-state index in [-0.39, 0.29) is 4.90 Å². The molecule has 4 heteroatoms.